The normalized spacial score (nSPS) is 10.9. The molecule has 0 aliphatic rings. The monoisotopic (exact) mass is 371 g/mol. The van der Waals surface area contributed by atoms with Crippen molar-refractivity contribution in [2.24, 2.45) is 0 Å². The molecular formula is C11H11Cl2NO7S. The van der Waals surface area contributed by atoms with E-state index in [9.17, 15) is 18.0 Å². The highest BCUT2D eigenvalue weighted by Gasteiger charge is 2.14. The van der Waals surface area contributed by atoms with Crippen LogP contribution < -0.4 is 5.32 Å². The van der Waals surface area contributed by atoms with Crippen molar-refractivity contribution >= 4 is 51.1 Å². The van der Waals surface area contributed by atoms with E-state index < -0.39 is 27.9 Å². The summed E-state index contributed by atoms with van der Waals surface area (Å²) in [7, 11) is -4.44. The molecule has 0 aliphatic carbocycles. The van der Waals surface area contributed by atoms with E-state index in [-0.39, 0.29) is 18.2 Å². The number of carbonyl (C=O) groups is 2. The molecule has 22 heavy (non-hydrogen) atoms. The average molecular weight is 372 g/mol. The summed E-state index contributed by atoms with van der Waals surface area (Å²) in [5.74, 6) is -2.32. The molecule has 0 fully saturated rings. The Kier molecular flexibility index (Phi) is 6.88. The molecule has 8 nitrogen and oxygen atoms in total. The van der Waals surface area contributed by atoms with Gasteiger partial charge in [-0.15, -0.1) is 0 Å². The second-order valence-corrected chi connectivity index (χ2v) is 6.10. The molecule has 0 aliphatic heterocycles. The topological polar surface area (TPSA) is 119 Å². The lowest BCUT2D eigenvalue weighted by atomic mass is 10.3. The van der Waals surface area contributed by atoms with Gasteiger partial charge in [-0.25, -0.2) is 4.79 Å². The third kappa shape index (κ3) is 7.46. The second kappa shape index (κ2) is 8.18. The van der Waals surface area contributed by atoms with Crippen LogP contribution in [0.15, 0.2) is 18.2 Å². The number of amides is 1. The van der Waals surface area contributed by atoms with Gasteiger partial charge in [-0.1, -0.05) is 23.2 Å². The fourth-order valence-corrected chi connectivity index (χ4v) is 1.89. The molecule has 1 rings (SSSR count). The van der Waals surface area contributed by atoms with Crippen molar-refractivity contribution in [3.8, 4) is 0 Å². The quantitative estimate of drug-likeness (QED) is 0.445. The van der Waals surface area contributed by atoms with Gasteiger partial charge in [-0.05, 0) is 18.2 Å². The number of esters is 1. The summed E-state index contributed by atoms with van der Waals surface area (Å²) in [4.78, 5) is 22.3. The third-order valence-electron chi connectivity index (χ3n) is 2.05. The molecule has 0 atom stereocenters. The number of rotatable bonds is 6. The molecule has 0 saturated carbocycles. The SMILES string of the molecule is O=C(CS(=O)(=O)O)OCCOC(=O)Nc1ccc(Cl)c(Cl)c1. The Labute approximate surface area is 136 Å². The van der Waals surface area contributed by atoms with Gasteiger partial charge in [-0.3, -0.25) is 14.7 Å². The van der Waals surface area contributed by atoms with Crippen LogP contribution in [0.2, 0.25) is 10.0 Å². The molecule has 1 aromatic rings. The van der Waals surface area contributed by atoms with E-state index in [1.165, 1.54) is 18.2 Å². The summed E-state index contributed by atoms with van der Waals surface area (Å²) in [6.45, 7) is -0.659. The number of hydrogen-bond donors (Lipinski definition) is 2. The van der Waals surface area contributed by atoms with Gasteiger partial charge in [0.2, 0.25) is 0 Å². The van der Waals surface area contributed by atoms with Crippen LogP contribution in [0.3, 0.4) is 0 Å². The van der Waals surface area contributed by atoms with E-state index in [1.54, 1.807) is 0 Å². The van der Waals surface area contributed by atoms with Crippen LogP contribution in [0.5, 0.6) is 0 Å². The van der Waals surface area contributed by atoms with Crippen molar-refractivity contribution in [1.29, 1.82) is 0 Å². The van der Waals surface area contributed by atoms with Crippen LogP contribution >= 0.6 is 23.2 Å². The number of carbonyl (C=O) groups excluding carboxylic acids is 2. The molecule has 0 saturated heterocycles. The van der Waals surface area contributed by atoms with Crippen molar-refractivity contribution < 1.29 is 32.0 Å². The Bertz CT molecular complexity index is 662. The van der Waals surface area contributed by atoms with Gasteiger partial charge < -0.3 is 9.47 Å². The first-order valence-electron chi connectivity index (χ1n) is 5.67. The summed E-state index contributed by atoms with van der Waals surface area (Å²) in [5, 5.41) is 2.93. The molecule has 11 heteroatoms. The van der Waals surface area contributed by atoms with E-state index in [4.69, 9.17) is 27.8 Å². The molecule has 1 aromatic carbocycles. The Hall–Kier alpha value is -1.55. The Morgan fingerprint density at radius 3 is 2.36 bits per heavy atom. The maximum Gasteiger partial charge on any atom is 0.411 e. The van der Waals surface area contributed by atoms with Gasteiger partial charge >= 0.3 is 12.1 Å². The lowest BCUT2D eigenvalue weighted by Crippen LogP contribution is -2.21. The molecule has 0 heterocycles. The summed E-state index contributed by atoms with van der Waals surface area (Å²) in [6.07, 6.45) is -0.829. The van der Waals surface area contributed by atoms with Crippen LogP contribution in [0.4, 0.5) is 10.5 Å². The fourth-order valence-electron chi connectivity index (χ4n) is 1.21. The van der Waals surface area contributed by atoms with Gasteiger partial charge in [-0.2, -0.15) is 8.42 Å². The van der Waals surface area contributed by atoms with Gasteiger partial charge in [0.05, 0.1) is 10.0 Å². The van der Waals surface area contributed by atoms with Gasteiger partial charge in [0.25, 0.3) is 10.1 Å². The van der Waals surface area contributed by atoms with Crippen molar-refractivity contribution in [2.45, 2.75) is 0 Å². The first kappa shape index (κ1) is 18.5. The van der Waals surface area contributed by atoms with E-state index in [1.807, 2.05) is 0 Å². The maximum absolute atomic E-state index is 11.4. The van der Waals surface area contributed by atoms with Crippen molar-refractivity contribution in [3.05, 3.63) is 28.2 Å². The zero-order valence-electron chi connectivity index (χ0n) is 10.9. The third-order valence-corrected chi connectivity index (χ3v) is 3.39. The Morgan fingerprint density at radius 2 is 1.77 bits per heavy atom. The largest absolute Gasteiger partial charge is 0.461 e. The maximum atomic E-state index is 11.4. The van der Waals surface area contributed by atoms with Gasteiger partial charge in [0.15, 0.2) is 5.75 Å². The predicted molar refractivity (Wildman–Crippen MR) is 78.8 cm³/mol. The molecule has 0 aromatic heterocycles. The first-order valence-corrected chi connectivity index (χ1v) is 8.03. The summed E-state index contributed by atoms with van der Waals surface area (Å²) < 4.78 is 38.3. The zero-order chi connectivity index (χ0) is 16.8. The zero-order valence-corrected chi connectivity index (χ0v) is 13.2. The lowest BCUT2D eigenvalue weighted by Gasteiger charge is -2.08. The molecule has 0 bridgehead atoms. The van der Waals surface area contributed by atoms with Crippen LogP contribution in [0.1, 0.15) is 0 Å². The minimum Gasteiger partial charge on any atom is -0.461 e. The number of halogens is 2. The Balaban J connectivity index is 2.29. The highest BCUT2D eigenvalue weighted by molar-refractivity contribution is 7.86. The van der Waals surface area contributed by atoms with Crippen LogP contribution in [0.25, 0.3) is 0 Å². The minimum absolute atomic E-state index is 0.249. The molecular weight excluding hydrogens is 361 g/mol. The number of nitrogens with one attached hydrogen (secondary N) is 1. The molecule has 1 amide bonds. The lowest BCUT2D eigenvalue weighted by molar-refractivity contribution is -0.141. The number of hydrogen-bond acceptors (Lipinski definition) is 6. The smallest absolute Gasteiger partial charge is 0.411 e. The van der Waals surface area contributed by atoms with Crippen LogP contribution in [-0.4, -0.2) is 44.0 Å². The Morgan fingerprint density at radius 1 is 1.14 bits per heavy atom. The average Bonchev–Trinajstić information content (AvgIpc) is 2.37. The first-order chi connectivity index (χ1) is 10.2. The standard InChI is InChI=1S/C11H11Cl2NO7S/c12-8-2-1-7(5-9(8)13)14-11(16)21-4-3-20-10(15)6-22(17,18)19/h1-2,5H,3-4,6H2,(H,14,16)(H,17,18,19). The summed E-state index contributed by atoms with van der Waals surface area (Å²) in [5.41, 5.74) is 0.350. The highest BCUT2D eigenvalue weighted by atomic mass is 35.5. The van der Waals surface area contributed by atoms with E-state index in [0.717, 1.165) is 0 Å². The number of anilines is 1. The van der Waals surface area contributed by atoms with Crippen LogP contribution in [-0.2, 0) is 24.4 Å². The fraction of sp³-hybridized carbons (Fsp3) is 0.273. The molecule has 0 radical (unpaired) electrons. The molecule has 0 unspecified atom stereocenters. The number of benzene rings is 1. The van der Waals surface area contributed by atoms with Gasteiger partial charge in [0.1, 0.15) is 13.2 Å². The minimum atomic E-state index is -4.44. The van der Waals surface area contributed by atoms with Crippen molar-refractivity contribution in [2.75, 3.05) is 24.3 Å². The molecule has 122 valence electrons. The summed E-state index contributed by atoms with van der Waals surface area (Å²) >= 11 is 11.5. The second-order valence-electron chi connectivity index (χ2n) is 3.84. The number of ether oxygens (including phenoxy) is 2. The van der Waals surface area contributed by atoms with E-state index in [0.29, 0.717) is 10.7 Å². The molecule has 2 N–H and O–H groups in total. The van der Waals surface area contributed by atoms with Crippen molar-refractivity contribution in [3.63, 3.8) is 0 Å². The van der Waals surface area contributed by atoms with E-state index >= 15 is 0 Å². The summed E-state index contributed by atoms with van der Waals surface area (Å²) in [6, 6.07) is 4.40. The van der Waals surface area contributed by atoms with Gasteiger partial charge in [0, 0.05) is 5.69 Å². The predicted octanol–water partition coefficient (Wildman–Crippen LogP) is 1.97. The van der Waals surface area contributed by atoms with E-state index in [2.05, 4.69) is 14.8 Å². The highest BCUT2D eigenvalue weighted by Crippen LogP contribution is 2.24. The van der Waals surface area contributed by atoms with Crippen LogP contribution in [0, 0.1) is 0 Å². The molecule has 0 spiro atoms. The van der Waals surface area contributed by atoms with Crippen molar-refractivity contribution in [1.82, 2.24) is 0 Å².